The Balaban J connectivity index is 3.04. The lowest BCUT2D eigenvalue weighted by atomic mass is 10.3. The highest BCUT2D eigenvalue weighted by Gasteiger charge is 2.12. The van der Waals surface area contributed by atoms with Crippen molar-refractivity contribution >= 4 is 45.2 Å². The molecule has 13 heavy (non-hydrogen) atoms. The van der Waals surface area contributed by atoms with Gasteiger partial charge in [-0.15, -0.1) is 0 Å². The standard InChI is InChI=1S/C7H3F3I2O/c8-3-1-2-4(13-7(9)10)6(12)5(3)11/h1-2,7H. The first-order valence-electron chi connectivity index (χ1n) is 3.10. The van der Waals surface area contributed by atoms with E-state index in [-0.39, 0.29) is 9.32 Å². The number of rotatable bonds is 2. The van der Waals surface area contributed by atoms with Crippen molar-refractivity contribution in [2.75, 3.05) is 0 Å². The van der Waals surface area contributed by atoms with E-state index >= 15 is 0 Å². The minimum Gasteiger partial charge on any atom is -0.434 e. The molecule has 72 valence electrons. The normalized spacial score (nSPS) is 10.6. The van der Waals surface area contributed by atoms with Crippen LogP contribution >= 0.6 is 45.2 Å². The Labute approximate surface area is 99.9 Å². The van der Waals surface area contributed by atoms with E-state index in [1.807, 2.05) is 0 Å². The monoisotopic (exact) mass is 414 g/mol. The van der Waals surface area contributed by atoms with Crippen LogP contribution in [0.25, 0.3) is 0 Å². The number of halogens is 5. The van der Waals surface area contributed by atoms with Crippen molar-refractivity contribution in [1.82, 2.24) is 0 Å². The summed E-state index contributed by atoms with van der Waals surface area (Å²) in [5, 5.41) is 0. The number of alkyl halides is 2. The van der Waals surface area contributed by atoms with E-state index in [1.54, 1.807) is 45.2 Å². The molecule has 1 rings (SSSR count). The van der Waals surface area contributed by atoms with E-state index in [4.69, 9.17) is 0 Å². The molecule has 0 saturated heterocycles. The van der Waals surface area contributed by atoms with Crippen molar-refractivity contribution < 1.29 is 17.9 Å². The Morgan fingerprint density at radius 1 is 1.15 bits per heavy atom. The van der Waals surface area contributed by atoms with Crippen molar-refractivity contribution in [2.24, 2.45) is 0 Å². The Morgan fingerprint density at radius 2 is 1.77 bits per heavy atom. The van der Waals surface area contributed by atoms with Crippen LogP contribution in [0.3, 0.4) is 0 Å². The van der Waals surface area contributed by atoms with Crippen LogP contribution in [0.1, 0.15) is 0 Å². The van der Waals surface area contributed by atoms with Crippen molar-refractivity contribution in [3.63, 3.8) is 0 Å². The second-order valence-electron chi connectivity index (χ2n) is 2.05. The molecular formula is C7H3F3I2O. The summed E-state index contributed by atoms with van der Waals surface area (Å²) in [6.45, 7) is -2.88. The third kappa shape index (κ3) is 2.86. The van der Waals surface area contributed by atoms with E-state index in [0.29, 0.717) is 3.57 Å². The van der Waals surface area contributed by atoms with Gasteiger partial charge in [0.05, 0.1) is 7.14 Å². The second-order valence-corrected chi connectivity index (χ2v) is 4.21. The Morgan fingerprint density at radius 3 is 2.31 bits per heavy atom. The summed E-state index contributed by atoms with van der Waals surface area (Å²) >= 11 is 3.49. The first-order chi connectivity index (χ1) is 6.02. The third-order valence-electron chi connectivity index (χ3n) is 1.22. The first-order valence-corrected chi connectivity index (χ1v) is 5.26. The van der Waals surface area contributed by atoms with Gasteiger partial charge in [-0.05, 0) is 57.3 Å². The van der Waals surface area contributed by atoms with Crippen molar-refractivity contribution in [2.45, 2.75) is 6.61 Å². The van der Waals surface area contributed by atoms with Gasteiger partial charge in [-0.1, -0.05) is 0 Å². The fraction of sp³-hybridized carbons (Fsp3) is 0.143. The lowest BCUT2D eigenvalue weighted by molar-refractivity contribution is -0.0505. The molecule has 0 amide bonds. The highest BCUT2D eigenvalue weighted by molar-refractivity contribution is 14.1. The van der Waals surface area contributed by atoms with Gasteiger partial charge in [0.15, 0.2) is 0 Å². The summed E-state index contributed by atoms with van der Waals surface area (Å²) in [5.41, 5.74) is 0. The topological polar surface area (TPSA) is 9.23 Å². The van der Waals surface area contributed by atoms with E-state index in [1.165, 1.54) is 6.07 Å². The lowest BCUT2D eigenvalue weighted by Gasteiger charge is -2.07. The fourth-order valence-electron chi connectivity index (χ4n) is 0.695. The SMILES string of the molecule is Fc1ccc(OC(F)F)c(I)c1I. The van der Waals surface area contributed by atoms with Crippen LogP contribution in [-0.4, -0.2) is 6.61 Å². The molecule has 0 radical (unpaired) electrons. The van der Waals surface area contributed by atoms with Gasteiger partial charge in [-0.3, -0.25) is 0 Å². The average molecular weight is 414 g/mol. The molecular weight excluding hydrogens is 411 g/mol. The molecule has 0 fully saturated rings. The molecule has 1 aromatic carbocycles. The maximum atomic E-state index is 12.8. The largest absolute Gasteiger partial charge is 0.434 e. The van der Waals surface area contributed by atoms with Gasteiger partial charge in [0.2, 0.25) is 0 Å². The van der Waals surface area contributed by atoms with Crippen LogP contribution in [0.5, 0.6) is 5.75 Å². The second kappa shape index (κ2) is 4.67. The predicted molar refractivity (Wildman–Crippen MR) is 58.5 cm³/mol. The Bertz CT molecular complexity index is 317. The van der Waals surface area contributed by atoms with Crippen LogP contribution in [-0.2, 0) is 0 Å². The zero-order valence-corrected chi connectivity index (χ0v) is 10.3. The molecule has 0 unspecified atom stereocenters. The number of hydrogen-bond acceptors (Lipinski definition) is 1. The van der Waals surface area contributed by atoms with E-state index < -0.39 is 12.4 Å². The molecule has 0 atom stereocenters. The number of hydrogen-bond donors (Lipinski definition) is 0. The van der Waals surface area contributed by atoms with Gasteiger partial charge in [-0.25, -0.2) is 4.39 Å². The molecule has 0 bridgehead atoms. The highest BCUT2D eigenvalue weighted by Crippen LogP contribution is 2.28. The first kappa shape index (κ1) is 11.3. The van der Waals surface area contributed by atoms with Crippen molar-refractivity contribution in [3.05, 3.63) is 25.1 Å². The van der Waals surface area contributed by atoms with E-state index in [0.717, 1.165) is 6.07 Å². The van der Waals surface area contributed by atoms with Crippen molar-refractivity contribution in [3.8, 4) is 5.75 Å². The third-order valence-corrected chi connectivity index (χ3v) is 4.37. The molecule has 0 spiro atoms. The van der Waals surface area contributed by atoms with Crippen LogP contribution in [0, 0.1) is 13.0 Å². The Kier molecular flexibility index (Phi) is 4.07. The molecule has 0 saturated carbocycles. The molecule has 0 aliphatic rings. The minimum absolute atomic E-state index is 0.00130. The highest BCUT2D eigenvalue weighted by atomic mass is 127. The summed E-state index contributed by atoms with van der Waals surface area (Å²) < 4.78 is 41.3. The Hall–Kier alpha value is 0.270. The van der Waals surface area contributed by atoms with Gasteiger partial charge in [0, 0.05) is 0 Å². The molecule has 0 aromatic heterocycles. The number of benzene rings is 1. The summed E-state index contributed by atoms with van der Waals surface area (Å²) in [5.74, 6) is -0.437. The van der Waals surface area contributed by atoms with Crippen LogP contribution < -0.4 is 4.74 Å². The molecule has 0 heterocycles. The van der Waals surface area contributed by atoms with Gasteiger partial charge in [0.1, 0.15) is 11.6 Å². The van der Waals surface area contributed by atoms with E-state index in [9.17, 15) is 13.2 Å². The van der Waals surface area contributed by atoms with Gasteiger partial charge < -0.3 is 4.74 Å². The zero-order chi connectivity index (χ0) is 10.0. The smallest absolute Gasteiger partial charge is 0.387 e. The van der Waals surface area contributed by atoms with E-state index in [2.05, 4.69) is 4.74 Å². The molecule has 0 aliphatic carbocycles. The molecule has 1 nitrogen and oxygen atoms in total. The van der Waals surface area contributed by atoms with Gasteiger partial charge in [-0.2, -0.15) is 8.78 Å². The zero-order valence-electron chi connectivity index (χ0n) is 6.03. The van der Waals surface area contributed by atoms with Crippen molar-refractivity contribution in [1.29, 1.82) is 0 Å². The van der Waals surface area contributed by atoms with Crippen LogP contribution in [0.4, 0.5) is 13.2 Å². The minimum atomic E-state index is -2.88. The lowest BCUT2D eigenvalue weighted by Crippen LogP contribution is -2.04. The van der Waals surface area contributed by atoms with Crippen LogP contribution in [0.2, 0.25) is 0 Å². The maximum Gasteiger partial charge on any atom is 0.387 e. The quantitative estimate of drug-likeness (QED) is 0.531. The molecule has 6 heteroatoms. The predicted octanol–water partition coefficient (Wildman–Crippen LogP) is 3.64. The summed E-state index contributed by atoms with van der Waals surface area (Å²) in [4.78, 5) is 0. The summed E-state index contributed by atoms with van der Waals surface area (Å²) in [7, 11) is 0. The summed E-state index contributed by atoms with van der Waals surface area (Å²) in [6.07, 6.45) is 0. The molecule has 0 N–H and O–H groups in total. The molecule has 0 aliphatic heterocycles. The average Bonchev–Trinajstić information content (AvgIpc) is 2.06. The summed E-state index contributed by atoms with van der Waals surface area (Å²) in [6, 6.07) is 2.28. The van der Waals surface area contributed by atoms with Gasteiger partial charge in [0.25, 0.3) is 0 Å². The van der Waals surface area contributed by atoms with Crippen LogP contribution in [0.15, 0.2) is 12.1 Å². The van der Waals surface area contributed by atoms with Gasteiger partial charge >= 0.3 is 6.61 Å². The maximum absolute atomic E-state index is 12.8. The number of ether oxygens (including phenoxy) is 1. The fourth-order valence-corrected chi connectivity index (χ4v) is 1.71. The molecule has 1 aromatic rings.